The smallest absolute Gasteiger partial charge is 0.351 e. The molecule has 1 fully saturated rings. The average molecular weight is 606 g/mol. The number of hydrogen-bond donors (Lipinski definition) is 4. The molecule has 1 aliphatic carbocycles. The van der Waals surface area contributed by atoms with Crippen molar-refractivity contribution in [2.24, 2.45) is 5.73 Å². The Morgan fingerprint density at radius 2 is 1.65 bits per heavy atom. The summed E-state index contributed by atoms with van der Waals surface area (Å²) in [5.74, 6) is -0.221. The van der Waals surface area contributed by atoms with Gasteiger partial charge in [0.1, 0.15) is 0 Å². The van der Waals surface area contributed by atoms with Crippen LogP contribution in [0.2, 0.25) is 0 Å². The Hall–Kier alpha value is -4.20. The fourth-order valence-electron chi connectivity index (χ4n) is 5.19. The van der Waals surface area contributed by atoms with Gasteiger partial charge in [-0.1, -0.05) is 6.92 Å². The van der Waals surface area contributed by atoms with Crippen molar-refractivity contribution in [2.75, 3.05) is 10.6 Å². The highest BCUT2D eigenvalue weighted by Gasteiger charge is 2.37. The molecule has 0 bridgehead atoms. The van der Waals surface area contributed by atoms with Gasteiger partial charge >= 0.3 is 12.4 Å². The SMILES string of the molecule is CCc1cc(-c2cc(NC(=O)Cc3cc(C(F)(F)F)cc(C(F)(F)F)c3)n[nH]2)cc2cnc(N[C@H]3CC[C@H](N)CC3)nc12. The summed E-state index contributed by atoms with van der Waals surface area (Å²) in [6.07, 6.45) is -4.52. The number of carbonyl (C=O) groups excluding carboxylic acids is 1. The first kappa shape index (κ1) is 30.3. The molecule has 5 rings (SSSR count). The van der Waals surface area contributed by atoms with Gasteiger partial charge in [-0.15, -0.1) is 0 Å². The maximum atomic E-state index is 13.2. The van der Waals surface area contributed by atoms with Crippen LogP contribution >= 0.6 is 0 Å². The first-order valence-electron chi connectivity index (χ1n) is 13.7. The molecule has 0 atom stereocenters. The largest absolute Gasteiger partial charge is 0.416 e. The molecule has 0 aliphatic heterocycles. The van der Waals surface area contributed by atoms with Gasteiger partial charge in [-0.2, -0.15) is 31.4 Å². The van der Waals surface area contributed by atoms with E-state index in [0.29, 0.717) is 30.2 Å². The zero-order valence-electron chi connectivity index (χ0n) is 23.0. The lowest BCUT2D eigenvalue weighted by Gasteiger charge is -2.26. The van der Waals surface area contributed by atoms with Crippen LogP contribution in [-0.4, -0.2) is 38.2 Å². The van der Waals surface area contributed by atoms with Crippen molar-refractivity contribution in [1.29, 1.82) is 0 Å². The number of nitrogens with zero attached hydrogens (tertiary/aromatic N) is 3. The van der Waals surface area contributed by atoms with Crippen LogP contribution in [0.1, 0.15) is 54.9 Å². The molecule has 8 nitrogen and oxygen atoms in total. The summed E-state index contributed by atoms with van der Waals surface area (Å²) < 4.78 is 79.0. The molecule has 4 aromatic rings. The molecule has 0 saturated heterocycles. The van der Waals surface area contributed by atoms with Crippen LogP contribution < -0.4 is 16.4 Å². The predicted octanol–water partition coefficient (Wildman–Crippen LogP) is 6.48. The lowest BCUT2D eigenvalue weighted by Crippen LogP contribution is -2.33. The monoisotopic (exact) mass is 605 g/mol. The summed E-state index contributed by atoms with van der Waals surface area (Å²) in [6, 6.07) is 6.89. The van der Waals surface area contributed by atoms with Crippen molar-refractivity contribution >= 4 is 28.6 Å². The number of alkyl halides is 6. The number of nitrogens with one attached hydrogen (secondary N) is 3. The van der Waals surface area contributed by atoms with Crippen LogP contribution in [0.15, 0.2) is 42.6 Å². The molecule has 2 heterocycles. The number of fused-ring (bicyclic) bond motifs is 1. The zero-order chi connectivity index (χ0) is 30.9. The van der Waals surface area contributed by atoms with Gasteiger partial charge < -0.3 is 16.4 Å². The minimum absolute atomic E-state index is 0.0187. The molecule has 1 saturated carbocycles. The number of aromatic nitrogens is 4. The number of anilines is 2. The Bertz CT molecular complexity index is 1590. The van der Waals surface area contributed by atoms with Gasteiger partial charge in [0.2, 0.25) is 11.9 Å². The summed E-state index contributed by atoms with van der Waals surface area (Å²) in [5.41, 5.74) is 5.61. The third kappa shape index (κ3) is 7.24. The Balaban J connectivity index is 1.31. The van der Waals surface area contributed by atoms with E-state index in [1.54, 1.807) is 6.20 Å². The lowest BCUT2D eigenvalue weighted by molar-refractivity contribution is -0.143. The molecule has 228 valence electrons. The van der Waals surface area contributed by atoms with Gasteiger partial charge in [0.15, 0.2) is 5.82 Å². The van der Waals surface area contributed by atoms with Gasteiger partial charge in [-0.05, 0) is 73.6 Å². The maximum absolute atomic E-state index is 13.2. The Kier molecular flexibility index (Phi) is 8.32. The number of nitrogens with two attached hydrogens (primary N) is 1. The van der Waals surface area contributed by atoms with Gasteiger partial charge in [-0.25, -0.2) is 9.97 Å². The minimum atomic E-state index is -5.01. The third-order valence-corrected chi connectivity index (χ3v) is 7.42. The minimum Gasteiger partial charge on any atom is -0.351 e. The van der Waals surface area contributed by atoms with Crippen LogP contribution in [0, 0.1) is 0 Å². The molecule has 1 amide bonds. The number of rotatable bonds is 7. The van der Waals surface area contributed by atoms with Crippen molar-refractivity contribution < 1.29 is 31.1 Å². The summed E-state index contributed by atoms with van der Waals surface area (Å²) in [6.45, 7) is 1.99. The second-order valence-electron chi connectivity index (χ2n) is 10.7. The fraction of sp³-hybridized carbons (Fsp3) is 0.379. The van der Waals surface area contributed by atoms with Crippen molar-refractivity contribution in [3.63, 3.8) is 0 Å². The maximum Gasteiger partial charge on any atom is 0.416 e. The Morgan fingerprint density at radius 3 is 2.28 bits per heavy atom. The molecule has 2 aromatic carbocycles. The normalized spacial score (nSPS) is 17.7. The summed E-state index contributed by atoms with van der Waals surface area (Å²) in [5, 5.41) is 13.5. The Morgan fingerprint density at radius 1 is 0.977 bits per heavy atom. The number of aromatic amines is 1. The quantitative estimate of drug-likeness (QED) is 0.179. The number of amides is 1. The number of H-pyrrole nitrogens is 1. The van der Waals surface area contributed by atoms with E-state index in [1.165, 1.54) is 6.07 Å². The van der Waals surface area contributed by atoms with Crippen molar-refractivity contribution in [2.45, 2.75) is 69.9 Å². The number of benzene rings is 2. The second kappa shape index (κ2) is 11.8. The fourth-order valence-corrected chi connectivity index (χ4v) is 5.19. The van der Waals surface area contributed by atoms with E-state index in [4.69, 9.17) is 10.7 Å². The highest BCUT2D eigenvalue weighted by Crippen LogP contribution is 2.36. The van der Waals surface area contributed by atoms with Crippen molar-refractivity contribution in [1.82, 2.24) is 20.2 Å². The Labute approximate surface area is 242 Å². The highest BCUT2D eigenvalue weighted by atomic mass is 19.4. The van der Waals surface area contributed by atoms with Crippen LogP contribution in [0.5, 0.6) is 0 Å². The number of aryl methyl sites for hydroxylation is 1. The standard InChI is InChI=1S/C29H29F6N7O/c1-2-16-10-17(11-18-14-37-27(40-26(16)18)38-22-5-3-21(36)4-6-22)23-13-24(42-41-23)39-25(43)9-15-7-19(28(30,31)32)12-20(8-15)29(33,34)35/h7-8,10-14,21-22H,2-6,9,36H2,1H3,(H,37,38,40)(H2,39,41,42,43)/t21-,22-. The topological polar surface area (TPSA) is 122 Å². The highest BCUT2D eigenvalue weighted by molar-refractivity contribution is 5.92. The summed E-state index contributed by atoms with van der Waals surface area (Å²) >= 11 is 0. The van der Waals surface area contributed by atoms with E-state index in [2.05, 4.69) is 25.8 Å². The van der Waals surface area contributed by atoms with Crippen molar-refractivity contribution in [3.05, 3.63) is 64.8 Å². The summed E-state index contributed by atoms with van der Waals surface area (Å²) in [7, 11) is 0. The van der Waals surface area contributed by atoms with Gasteiger partial charge in [-0.3, -0.25) is 9.89 Å². The molecule has 0 unspecified atom stereocenters. The molecular weight excluding hydrogens is 576 g/mol. The van der Waals surface area contributed by atoms with E-state index < -0.39 is 41.4 Å². The average Bonchev–Trinajstić information content (AvgIpc) is 3.41. The number of hydrogen-bond acceptors (Lipinski definition) is 6. The van der Waals surface area contributed by atoms with E-state index in [-0.39, 0.29) is 24.0 Å². The van der Waals surface area contributed by atoms with Crippen molar-refractivity contribution in [3.8, 4) is 11.3 Å². The first-order valence-corrected chi connectivity index (χ1v) is 13.7. The van der Waals surface area contributed by atoms with Gasteiger partial charge in [0, 0.05) is 35.3 Å². The third-order valence-electron chi connectivity index (χ3n) is 7.42. The van der Waals surface area contributed by atoms with E-state index in [9.17, 15) is 31.1 Å². The first-order chi connectivity index (χ1) is 20.3. The van der Waals surface area contributed by atoms with Gasteiger partial charge in [0.05, 0.1) is 28.8 Å². The predicted molar refractivity (Wildman–Crippen MR) is 149 cm³/mol. The molecule has 2 aromatic heterocycles. The van der Waals surface area contributed by atoms with E-state index in [0.717, 1.165) is 47.7 Å². The molecule has 1 aliphatic rings. The van der Waals surface area contributed by atoms with E-state index >= 15 is 0 Å². The molecule has 5 N–H and O–H groups in total. The van der Waals surface area contributed by atoms with Crippen LogP contribution in [0.3, 0.4) is 0 Å². The van der Waals surface area contributed by atoms with Crippen LogP contribution in [0.25, 0.3) is 22.2 Å². The van der Waals surface area contributed by atoms with Crippen LogP contribution in [0.4, 0.5) is 38.1 Å². The lowest BCUT2D eigenvalue weighted by atomic mass is 9.92. The molecular formula is C29H29F6N7O. The number of halogens is 6. The van der Waals surface area contributed by atoms with Gasteiger partial charge in [0.25, 0.3) is 0 Å². The summed E-state index contributed by atoms with van der Waals surface area (Å²) in [4.78, 5) is 21.8. The second-order valence-corrected chi connectivity index (χ2v) is 10.7. The molecule has 43 heavy (non-hydrogen) atoms. The molecule has 0 spiro atoms. The molecule has 14 heteroatoms. The van der Waals surface area contributed by atoms with E-state index in [1.807, 2.05) is 19.1 Å². The number of carbonyl (C=O) groups is 1. The van der Waals surface area contributed by atoms with Crippen LogP contribution in [-0.2, 0) is 30.0 Å². The molecule has 0 radical (unpaired) electrons. The zero-order valence-corrected chi connectivity index (χ0v) is 23.0.